The largest absolute Gasteiger partial charge is 0.368 e. The standard InChI is InChI=1S/C5H9FN2O/c6-8-3-1-2-4(8)5(7)9/h4H,1-3H2,(H2,7,9). The molecule has 2 N–H and O–H groups in total. The van der Waals surface area contributed by atoms with Crippen LogP contribution in [0, 0.1) is 0 Å². The number of primary amides is 1. The van der Waals surface area contributed by atoms with Crippen molar-refractivity contribution in [3.8, 4) is 0 Å². The van der Waals surface area contributed by atoms with E-state index in [2.05, 4.69) is 0 Å². The van der Waals surface area contributed by atoms with Crippen LogP contribution in [0.15, 0.2) is 0 Å². The Kier molecular flexibility index (Phi) is 1.66. The molecule has 0 bridgehead atoms. The van der Waals surface area contributed by atoms with Gasteiger partial charge in [0, 0.05) is 6.54 Å². The lowest BCUT2D eigenvalue weighted by Crippen LogP contribution is -2.35. The Morgan fingerprint density at radius 2 is 2.44 bits per heavy atom. The molecule has 52 valence electrons. The smallest absolute Gasteiger partial charge is 0.237 e. The van der Waals surface area contributed by atoms with Gasteiger partial charge in [-0.3, -0.25) is 4.79 Å². The van der Waals surface area contributed by atoms with E-state index in [0.29, 0.717) is 18.1 Å². The van der Waals surface area contributed by atoms with Crippen molar-refractivity contribution >= 4 is 5.91 Å². The highest BCUT2D eigenvalue weighted by Gasteiger charge is 2.28. The summed E-state index contributed by atoms with van der Waals surface area (Å²) in [5.74, 6) is -0.560. The zero-order valence-electron chi connectivity index (χ0n) is 5.01. The summed E-state index contributed by atoms with van der Waals surface area (Å²) >= 11 is 0. The molecule has 4 heteroatoms. The highest BCUT2D eigenvalue weighted by Crippen LogP contribution is 2.15. The third kappa shape index (κ3) is 1.18. The molecule has 0 aliphatic carbocycles. The number of carbonyl (C=O) groups is 1. The second kappa shape index (κ2) is 2.31. The van der Waals surface area contributed by atoms with Gasteiger partial charge in [-0.05, 0) is 12.8 Å². The van der Waals surface area contributed by atoms with Crippen LogP contribution in [-0.4, -0.2) is 23.6 Å². The van der Waals surface area contributed by atoms with Crippen LogP contribution in [0.25, 0.3) is 0 Å². The van der Waals surface area contributed by atoms with Gasteiger partial charge in [-0.1, -0.05) is 0 Å². The first-order chi connectivity index (χ1) is 4.22. The van der Waals surface area contributed by atoms with Crippen LogP contribution >= 0.6 is 0 Å². The second-order valence-electron chi connectivity index (χ2n) is 2.18. The van der Waals surface area contributed by atoms with E-state index in [0.717, 1.165) is 6.42 Å². The van der Waals surface area contributed by atoms with Gasteiger partial charge in [-0.15, -0.1) is 9.60 Å². The molecule has 0 aromatic carbocycles. The SMILES string of the molecule is NC(=O)C1CCCN1F. The van der Waals surface area contributed by atoms with Gasteiger partial charge in [0.25, 0.3) is 0 Å². The lowest BCUT2D eigenvalue weighted by Gasteiger charge is -2.08. The van der Waals surface area contributed by atoms with E-state index < -0.39 is 11.9 Å². The third-order valence-corrected chi connectivity index (χ3v) is 1.52. The van der Waals surface area contributed by atoms with Gasteiger partial charge < -0.3 is 5.73 Å². The molecule has 1 aliphatic rings. The zero-order valence-corrected chi connectivity index (χ0v) is 5.01. The Morgan fingerprint density at radius 1 is 1.78 bits per heavy atom. The quantitative estimate of drug-likeness (QED) is 0.503. The molecule has 0 radical (unpaired) electrons. The molecule has 1 unspecified atom stereocenters. The predicted molar refractivity (Wildman–Crippen MR) is 30.0 cm³/mol. The Balaban J connectivity index is 2.49. The summed E-state index contributed by atoms with van der Waals surface area (Å²) in [5.41, 5.74) is 4.87. The first kappa shape index (κ1) is 6.48. The average Bonchev–Trinajstić information content (AvgIpc) is 2.13. The van der Waals surface area contributed by atoms with Crippen molar-refractivity contribution in [2.45, 2.75) is 18.9 Å². The second-order valence-corrected chi connectivity index (χ2v) is 2.18. The maximum absolute atomic E-state index is 12.4. The van der Waals surface area contributed by atoms with Crippen LogP contribution in [0.4, 0.5) is 4.48 Å². The molecule has 1 rings (SSSR count). The van der Waals surface area contributed by atoms with Crippen molar-refractivity contribution < 1.29 is 9.28 Å². The van der Waals surface area contributed by atoms with Crippen molar-refractivity contribution in [2.24, 2.45) is 5.73 Å². The molecule has 0 saturated carbocycles. The average molecular weight is 132 g/mol. The number of amides is 1. The van der Waals surface area contributed by atoms with Crippen LogP contribution in [0.1, 0.15) is 12.8 Å². The van der Waals surface area contributed by atoms with E-state index in [1.165, 1.54) is 0 Å². The Labute approximate surface area is 52.6 Å². The van der Waals surface area contributed by atoms with E-state index in [9.17, 15) is 9.28 Å². The Hall–Kier alpha value is -0.640. The Bertz CT molecular complexity index is 128. The number of rotatable bonds is 1. The van der Waals surface area contributed by atoms with Crippen molar-refractivity contribution in [1.29, 1.82) is 0 Å². The fraction of sp³-hybridized carbons (Fsp3) is 0.800. The van der Waals surface area contributed by atoms with Gasteiger partial charge in [-0.25, -0.2) is 0 Å². The number of carbonyl (C=O) groups excluding carboxylic acids is 1. The van der Waals surface area contributed by atoms with Crippen LogP contribution in [0.5, 0.6) is 0 Å². The van der Waals surface area contributed by atoms with E-state index in [1.807, 2.05) is 0 Å². The van der Waals surface area contributed by atoms with Crippen molar-refractivity contribution in [2.75, 3.05) is 6.54 Å². The van der Waals surface area contributed by atoms with Gasteiger partial charge in [0.2, 0.25) is 5.91 Å². The molecule has 9 heavy (non-hydrogen) atoms. The molecule has 0 aromatic rings. The van der Waals surface area contributed by atoms with Gasteiger partial charge in [0.1, 0.15) is 6.04 Å². The predicted octanol–water partition coefficient (Wildman–Crippen LogP) is -0.179. The molecule has 1 saturated heterocycles. The maximum Gasteiger partial charge on any atom is 0.237 e. The molecular weight excluding hydrogens is 123 g/mol. The van der Waals surface area contributed by atoms with E-state index >= 15 is 0 Å². The molecular formula is C5H9FN2O. The molecule has 1 heterocycles. The normalized spacial score (nSPS) is 28.8. The highest BCUT2D eigenvalue weighted by atomic mass is 19.2. The van der Waals surface area contributed by atoms with Gasteiger partial charge in [0.05, 0.1) is 0 Å². The number of hydrogen-bond donors (Lipinski definition) is 1. The third-order valence-electron chi connectivity index (χ3n) is 1.52. The summed E-state index contributed by atoms with van der Waals surface area (Å²) in [6.07, 6.45) is 1.29. The number of nitrogens with two attached hydrogens (primary N) is 1. The van der Waals surface area contributed by atoms with Crippen LogP contribution in [0.2, 0.25) is 0 Å². The first-order valence-electron chi connectivity index (χ1n) is 2.93. The summed E-state index contributed by atoms with van der Waals surface area (Å²) in [5, 5.41) is 0.502. The van der Waals surface area contributed by atoms with Crippen LogP contribution in [-0.2, 0) is 4.79 Å². The summed E-state index contributed by atoms with van der Waals surface area (Å²) < 4.78 is 12.4. The van der Waals surface area contributed by atoms with Crippen molar-refractivity contribution in [1.82, 2.24) is 5.12 Å². The monoisotopic (exact) mass is 132 g/mol. The van der Waals surface area contributed by atoms with E-state index in [-0.39, 0.29) is 0 Å². The lowest BCUT2D eigenvalue weighted by atomic mass is 10.2. The number of halogens is 1. The minimum absolute atomic E-state index is 0.341. The fourth-order valence-corrected chi connectivity index (χ4v) is 1.01. The topological polar surface area (TPSA) is 46.3 Å². The molecule has 3 nitrogen and oxygen atoms in total. The molecule has 1 atom stereocenters. The lowest BCUT2D eigenvalue weighted by molar-refractivity contribution is -0.127. The van der Waals surface area contributed by atoms with Crippen molar-refractivity contribution in [3.63, 3.8) is 0 Å². The van der Waals surface area contributed by atoms with E-state index in [4.69, 9.17) is 5.73 Å². The minimum atomic E-state index is -0.662. The van der Waals surface area contributed by atoms with E-state index in [1.54, 1.807) is 0 Å². The first-order valence-corrected chi connectivity index (χ1v) is 2.93. The molecule has 1 amide bonds. The van der Waals surface area contributed by atoms with Gasteiger partial charge in [-0.2, -0.15) is 0 Å². The number of hydrogen-bond acceptors (Lipinski definition) is 2. The minimum Gasteiger partial charge on any atom is -0.368 e. The summed E-state index contributed by atoms with van der Waals surface area (Å²) in [6.45, 7) is 0.341. The van der Waals surface area contributed by atoms with Gasteiger partial charge >= 0.3 is 0 Å². The Morgan fingerprint density at radius 3 is 2.67 bits per heavy atom. The van der Waals surface area contributed by atoms with Crippen LogP contribution in [0.3, 0.4) is 0 Å². The van der Waals surface area contributed by atoms with Crippen molar-refractivity contribution in [3.05, 3.63) is 0 Å². The molecule has 1 aliphatic heterocycles. The highest BCUT2D eigenvalue weighted by molar-refractivity contribution is 5.79. The van der Waals surface area contributed by atoms with Gasteiger partial charge in [0.15, 0.2) is 0 Å². The zero-order chi connectivity index (χ0) is 6.85. The molecule has 1 fully saturated rings. The summed E-state index contributed by atoms with van der Waals surface area (Å²) in [4.78, 5) is 10.4. The maximum atomic E-state index is 12.4. The molecule has 0 spiro atoms. The molecule has 0 aromatic heterocycles. The van der Waals surface area contributed by atoms with Crippen LogP contribution < -0.4 is 5.73 Å². The summed E-state index contributed by atoms with van der Waals surface area (Å²) in [7, 11) is 0. The fourth-order valence-electron chi connectivity index (χ4n) is 1.01. The number of nitrogens with zero attached hydrogens (tertiary/aromatic N) is 1. The summed E-state index contributed by atoms with van der Waals surface area (Å²) in [6, 6.07) is -0.662.